The molecule has 1 fully saturated rings. The van der Waals surface area contributed by atoms with Gasteiger partial charge < -0.3 is 10.1 Å². The minimum absolute atomic E-state index is 0.138. The zero-order valence-electron chi connectivity index (χ0n) is 11.2. The van der Waals surface area contributed by atoms with Crippen LogP contribution in [0, 0.1) is 0 Å². The van der Waals surface area contributed by atoms with E-state index in [-0.39, 0.29) is 17.2 Å². The third kappa shape index (κ3) is 1.38. The lowest BCUT2D eigenvalue weighted by Gasteiger charge is -2.09. The van der Waals surface area contributed by atoms with Crippen molar-refractivity contribution in [1.29, 1.82) is 0 Å². The minimum atomic E-state index is -0.342. The number of anilines is 1. The van der Waals surface area contributed by atoms with Crippen molar-refractivity contribution in [2.75, 3.05) is 12.4 Å². The Morgan fingerprint density at radius 3 is 2.65 bits per heavy atom. The van der Waals surface area contributed by atoms with E-state index in [4.69, 9.17) is 4.74 Å². The number of carbonyl (C=O) groups excluding carboxylic acids is 1. The number of ether oxygens (including phenoxy) is 1. The molecule has 1 aliphatic carbocycles. The van der Waals surface area contributed by atoms with Gasteiger partial charge in [-0.15, -0.1) is 0 Å². The lowest BCUT2D eigenvalue weighted by molar-refractivity contribution is -0.118. The summed E-state index contributed by atoms with van der Waals surface area (Å²) in [5.41, 5.74) is 2.97. The van der Waals surface area contributed by atoms with Crippen LogP contribution in [-0.2, 0) is 10.2 Å². The number of para-hydroxylation sites is 1. The Hall–Kier alpha value is -2.29. The lowest BCUT2D eigenvalue weighted by Crippen LogP contribution is -2.20. The number of nitrogens with one attached hydrogen (secondary N) is 1. The number of rotatable bonds is 2. The molecule has 0 radical (unpaired) electrons. The van der Waals surface area contributed by atoms with Crippen molar-refractivity contribution in [3.63, 3.8) is 0 Å². The van der Waals surface area contributed by atoms with Crippen LogP contribution in [0.2, 0.25) is 0 Å². The van der Waals surface area contributed by atoms with Gasteiger partial charge in [0.25, 0.3) is 0 Å². The summed E-state index contributed by atoms with van der Waals surface area (Å²) in [5, 5.41) is 3.01. The molecule has 2 aliphatic rings. The van der Waals surface area contributed by atoms with Gasteiger partial charge in [-0.25, -0.2) is 0 Å². The first kappa shape index (κ1) is 11.5. The maximum atomic E-state index is 12.4. The fourth-order valence-electron chi connectivity index (χ4n) is 3.39. The monoisotopic (exact) mass is 265 g/mol. The van der Waals surface area contributed by atoms with E-state index in [2.05, 4.69) is 23.5 Å². The van der Waals surface area contributed by atoms with Crippen LogP contribution in [0.5, 0.6) is 5.75 Å². The van der Waals surface area contributed by atoms with Crippen LogP contribution in [0.25, 0.3) is 0 Å². The van der Waals surface area contributed by atoms with Crippen LogP contribution in [0.4, 0.5) is 5.69 Å². The lowest BCUT2D eigenvalue weighted by atomic mass is 9.92. The molecule has 2 aromatic carbocycles. The van der Waals surface area contributed by atoms with Gasteiger partial charge in [-0.3, -0.25) is 4.79 Å². The summed E-state index contributed by atoms with van der Waals surface area (Å²) >= 11 is 0. The van der Waals surface area contributed by atoms with Crippen molar-refractivity contribution in [2.24, 2.45) is 0 Å². The topological polar surface area (TPSA) is 38.3 Å². The van der Waals surface area contributed by atoms with E-state index >= 15 is 0 Å². The van der Waals surface area contributed by atoms with Gasteiger partial charge in [-0.1, -0.05) is 30.3 Å². The minimum Gasteiger partial charge on any atom is -0.497 e. The Morgan fingerprint density at radius 1 is 1.15 bits per heavy atom. The molecule has 2 aromatic rings. The highest BCUT2D eigenvalue weighted by Crippen LogP contribution is 2.64. The number of methoxy groups -OCH3 is 1. The molecule has 3 nitrogen and oxygen atoms in total. The molecular formula is C17H15NO2. The van der Waals surface area contributed by atoms with Crippen LogP contribution < -0.4 is 10.1 Å². The van der Waals surface area contributed by atoms with Crippen molar-refractivity contribution in [2.45, 2.75) is 17.8 Å². The van der Waals surface area contributed by atoms with Crippen LogP contribution in [0.15, 0.2) is 48.5 Å². The zero-order chi connectivity index (χ0) is 13.7. The van der Waals surface area contributed by atoms with E-state index in [1.54, 1.807) is 7.11 Å². The number of benzene rings is 2. The molecule has 1 aliphatic heterocycles. The van der Waals surface area contributed by atoms with E-state index < -0.39 is 0 Å². The third-order valence-corrected chi connectivity index (χ3v) is 4.54. The molecule has 20 heavy (non-hydrogen) atoms. The van der Waals surface area contributed by atoms with Gasteiger partial charge in [0.1, 0.15) is 5.75 Å². The largest absolute Gasteiger partial charge is 0.497 e. The summed E-state index contributed by atoms with van der Waals surface area (Å²) in [6.07, 6.45) is 0.891. The van der Waals surface area contributed by atoms with E-state index in [9.17, 15) is 4.79 Å². The zero-order valence-corrected chi connectivity index (χ0v) is 11.2. The molecule has 0 saturated heterocycles. The molecule has 1 saturated carbocycles. The summed E-state index contributed by atoms with van der Waals surface area (Å²) in [5.74, 6) is 1.26. The van der Waals surface area contributed by atoms with Crippen molar-refractivity contribution in [3.8, 4) is 5.75 Å². The summed E-state index contributed by atoms with van der Waals surface area (Å²) in [4.78, 5) is 12.4. The Bertz CT molecular complexity index is 692. The summed E-state index contributed by atoms with van der Waals surface area (Å²) in [6.45, 7) is 0. The summed E-state index contributed by atoms with van der Waals surface area (Å²) < 4.78 is 5.18. The smallest absolute Gasteiger partial charge is 0.235 e. The fraction of sp³-hybridized carbons (Fsp3) is 0.235. The average molecular weight is 265 g/mol. The van der Waals surface area contributed by atoms with Gasteiger partial charge in [0.15, 0.2) is 0 Å². The first-order valence-corrected chi connectivity index (χ1v) is 6.80. The standard InChI is InChI=1S/C17H15NO2/c1-20-12-8-6-11(7-9-12)14-10-17(14)13-4-2-3-5-15(13)18-16(17)19/h2-9,14H,10H2,1H3,(H,18,19)/t14-,17+/m0/s1. The van der Waals surface area contributed by atoms with Crippen LogP contribution >= 0.6 is 0 Å². The van der Waals surface area contributed by atoms with Gasteiger partial charge in [-0.05, 0) is 35.7 Å². The SMILES string of the molecule is COc1ccc([C@@H]2C[C@]23C(=O)Nc2ccccc23)cc1. The van der Waals surface area contributed by atoms with Gasteiger partial charge in [0.2, 0.25) is 5.91 Å². The van der Waals surface area contributed by atoms with E-state index in [1.165, 1.54) is 5.56 Å². The highest BCUT2D eigenvalue weighted by atomic mass is 16.5. The Morgan fingerprint density at radius 2 is 1.90 bits per heavy atom. The molecule has 1 amide bonds. The molecule has 1 spiro atoms. The molecular weight excluding hydrogens is 250 g/mol. The average Bonchev–Trinajstić information content (AvgIpc) is 3.18. The van der Waals surface area contributed by atoms with Crippen molar-refractivity contribution >= 4 is 11.6 Å². The molecule has 4 rings (SSSR count). The second-order valence-corrected chi connectivity index (χ2v) is 5.50. The van der Waals surface area contributed by atoms with Crippen molar-refractivity contribution < 1.29 is 9.53 Å². The Balaban J connectivity index is 1.73. The van der Waals surface area contributed by atoms with Gasteiger partial charge in [0.05, 0.1) is 12.5 Å². The van der Waals surface area contributed by atoms with Crippen molar-refractivity contribution in [3.05, 3.63) is 59.7 Å². The van der Waals surface area contributed by atoms with E-state index in [1.807, 2.05) is 30.3 Å². The second-order valence-electron chi connectivity index (χ2n) is 5.50. The maximum Gasteiger partial charge on any atom is 0.235 e. The molecule has 1 N–H and O–H groups in total. The molecule has 1 heterocycles. The molecule has 3 heteroatoms. The molecule has 2 atom stereocenters. The number of fused-ring (bicyclic) bond motifs is 2. The van der Waals surface area contributed by atoms with Gasteiger partial charge in [-0.2, -0.15) is 0 Å². The third-order valence-electron chi connectivity index (χ3n) is 4.54. The fourth-order valence-corrected chi connectivity index (χ4v) is 3.39. The van der Waals surface area contributed by atoms with Crippen LogP contribution in [0.3, 0.4) is 0 Å². The Labute approximate surface area is 117 Å². The van der Waals surface area contributed by atoms with Gasteiger partial charge in [0, 0.05) is 11.6 Å². The molecule has 0 bridgehead atoms. The summed E-state index contributed by atoms with van der Waals surface area (Å²) in [6, 6.07) is 16.1. The summed E-state index contributed by atoms with van der Waals surface area (Å²) in [7, 11) is 1.66. The predicted octanol–water partition coefficient (Wildman–Crippen LogP) is 3.07. The van der Waals surface area contributed by atoms with Crippen LogP contribution in [0.1, 0.15) is 23.5 Å². The normalized spacial score (nSPS) is 26.2. The number of amides is 1. The van der Waals surface area contributed by atoms with Crippen LogP contribution in [-0.4, -0.2) is 13.0 Å². The predicted molar refractivity (Wildman–Crippen MR) is 77.1 cm³/mol. The number of hydrogen-bond donors (Lipinski definition) is 1. The van der Waals surface area contributed by atoms with Gasteiger partial charge >= 0.3 is 0 Å². The Kier molecular flexibility index (Phi) is 2.22. The first-order valence-electron chi connectivity index (χ1n) is 6.80. The molecule has 0 aromatic heterocycles. The molecule has 100 valence electrons. The quantitative estimate of drug-likeness (QED) is 0.906. The second kappa shape index (κ2) is 3.85. The molecule has 0 unspecified atom stereocenters. The van der Waals surface area contributed by atoms with Crippen molar-refractivity contribution in [1.82, 2.24) is 0 Å². The highest BCUT2D eigenvalue weighted by Gasteiger charge is 2.64. The number of hydrogen-bond acceptors (Lipinski definition) is 2. The van der Waals surface area contributed by atoms with E-state index in [0.717, 1.165) is 23.4 Å². The first-order chi connectivity index (χ1) is 9.75. The highest BCUT2D eigenvalue weighted by molar-refractivity contribution is 6.09. The number of carbonyl (C=O) groups is 1. The van der Waals surface area contributed by atoms with E-state index in [0.29, 0.717) is 0 Å². The maximum absolute atomic E-state index is 12.4.